The SMILES string of the molecule is O=C(Nc1ccn(CCOc2ccccc2)n1)c1ccoc1. The number of para-hydroxylation sites is 1. The Morgan fingerprint density at radius 3 is 2.86 bits per heavy atom. The molecule has 0 saturated heterocycles. The van der Waals surface area contributed by atoms with Crippen molar-refractivity contribution in [3.63, 3.8) is 0 Å². The summed E-state index contributed by atoms with van der Waals surface area (Å²) >= 11 is 0. The Labute approximate surface area is 127 Å². The highest BCUT2D eigenvalue weighted by Gasteiger charge is 2.08. The van der Waals surface area contributed by atoms with Crippen LogP contribution < -0.4 is 10.1 Å². The highest BCUT2D eigenvalue weighted by atomic mass is 16.5. The van der Waals surface area contributed by atoms with Crippen LogP contribution in [0.1, 0.15) is 10.4 Å². The molecule has 3 aromatic rings. The van der Waals surface area contributed by atoms with Crippen LogP contribution in [0.4, 0.5) is 5.82 Å². The molecule has 1 amide bonds. The first-order chi connectivity index (χ1) is 10.8. The van der Waals surface area contributed by atoms with E-state index in [2.05, 4.69) is 10.4 Å². The summed E-state index contributed by atoms with van der Waals surface area (Å²) in [4.78, 5) is 11.8. The fourth-order valence-corrected chi connectivity index (χ4v) is 1.91. The van der Waals surface area contributed by atoms with E-state index in [1.165, 1.54) is 12.5 Å². The average molecular weight is 297 g/mol. The molecule has 0 fully saturated rings. The smallest absolute Gasteiger partial charge is 0.260 e. The number of rotatable bonds is 6. The first-order valence-corrected chi connectivity index (χ1v) is 6.86. The van der Waals surface area contributed by atoms with Gasteiger partial charge in [-0.05, 0) is 18.2 Å². The van der Waals surface area contributed by atoms with Gasteiger partial charge in [0.05, 0.1) is 18.4 Å². The summed E-state index contributed by atoms with van der Waals surface area (Å²) in [6, 6.07) is 12.9. The fraction of sp³-hybridized carbons (Fsp3) is 0.125. The topological polar surface area (TPSA) is 69.3 Å². The van der Waals surface area contributed by atoms with E-state index in [-0.39, 0.29) is 5.91 Å². The molecule has 6 nitrogen and oxygen atoms in total. The molecule has 3 rings (SSSR count). The number of hydrogen-bond acceptors (Lipinski definition) is 4. The van der Waals surface area contributed by atoms with Crippen LogP contribution in [0.5, 0.6) is 5.75 Å². The van der Waals surface area contributed by atoms with Crippen LogP contribution in [0.25, 0.3) is 0 Å². The first kappa shape index (κ1) is 13.9. The van der Waals surface area contributed by atoms with E-state index in [0.717, 1.165) is 5.75 Å². The first-order valence-electron chi connectivity index (χ1n) is 6.86. The summed E-state index contributed by atoms with van der Waals surface area (Å²) in [5.74, 6) is 1.06. The van der Waals surface area contributed by atoms with Gasteiger partial charge in [-0.2, -0.15) is 5.10 Å². The second-order valence-corrected chi connectivity index (χ2v) is 4.59. The molecule has 1 N–H and O–H groups in total. The van der Waals surface area contributed by atoms with E-state index in [9.17, 15) is 4.79 Å². The maximum absolute atomic E-state index is 11.8. The third-order valence-corrected chi connectivity index (χ3v) is 3.00. The lowest BCUT2D eigenvalue weighted by molar-refractivity contribution is 0.102. The van der Waals surface area contributed by atoms with Crippen molar-refractivity contribution in [2.24, 2.45) is 0 Å². The molecule has 0 aliphatic carbocycles. The predicted molar refractivity (Wildman–Crippen MR) is 80.8 cm³/mol. The molecule has 2 heterocycles. The van der Waals surface area contributed by atoms with Crippen LogP contribution in [0, 0.1) is 0 Å². The second-order valence-electron chi connectivity index (χ2n) is 4.59. The molecule has 112 valence electrons. The van der Waals surface area contributed by atoms with Crippen LogP contribution in [0.2, 0.25) is 0 Å². The Bertz CT molecular complexity index is 720. The zero-order valence-electron chi connectivity index (χ0n) is 11.8. The van der Waals surface area contributed by atoms with Crippen molar-refractivity contribution in [2.45, 2.75) is 6.54 Å². The van der Waals surface area contributed by atoms with Gasteiger partial charge in [0.2, 0.25) is 0 Å². The van der Waals surface area contributed by atoms with E-state index < -0.39 is 0 Å². The average Bonchev–Trinajstić information content (AvgIpc) is 3.20. The Morgan fingerprint density at radius 1 is 1.23 bits per heavy atom. The van der Waals surface area contributed by atoms with Crippen molar-refractivity contribution < 1.29 is 13.9 Å². The Balaban J connectivity index is 1.50. The normalized spacial score (nSPS) is 10.4. The van der Waals surface area contributed by atoms with Gasteiger partial charge in [-0.15, -0.1) is 0 Å². The number of carbonyl (C=O) groups excluding carboxylic acids is 1. The third kappa shape index (κ3) is 3.54. The number of amides is 1. The van der Waals surface area contributed by atoms with E-state index in [4.69, 9.17) is 9.15 Å². The molecule has 0 atom stereocenters. The summed E-state index contributed by atoms with van der Waals surface area (Å²) in [6.07, 6.45) is 4.63. The lowest BCUT2D eigenvalue weighted by Gasteiger charge is -2.05. The Kier molecular flexibility index (Phi) is 4.20. The number of aromatic nitrogens is 2. The fourth-order valence-electron chi connectivity index (χ4n) is 1.91. The second kappa shape index (κ2) is 6.62. The van der Waals surface area contributed by atoms with Crippen LogP contribution in [-0.4, -0.2) is 22.3 Å². The lowest BCUT2D eigenvalue weighted by atomic mass is 10.3. The highest BCUT2D eigenvalue weighted by Crippen LogP contribution is 2.09. The van der Waals surface area contributed by atoms with Crippen molar-refractivity contribution in [1.82, 2.24) is 9.78 Å². The van der Waals surface area contributed by atoms with Crippen LogP contribution in [-0.2, 0) is 6.54 Å². The quantitative estimate of drug-likeness (QED) is 0.759. The van der Waals surface area contributed by atoms with E-state index in [1.54, 1.807) is 23.0 Å². The van der Waals surface area contributed by atoms with Gasteiger partial charge in [0.1, 0.15) is 18.6 Å². The van der Waals surface area contributed by atoms with Gasteiger partial charge in [-0.25, -0.2) is 0 Å². The molecule has 0 unspecified atom stereocenters. The van der Waals surface area contributed by atoms with Gasteiger partial charge in [0.15, 0.2) is 5.82 Å². The number of anilines is 1. The molecule has 0 bridgehead atoms. The zero-order valence-corrected chi connectivity index (χ0v) is 11.8. The summed E-state index contributed by atoms with van der Waals surface area (Å²) in [6.45, 7) is 1.09. The van der Waals surface area contributed by atoms with Crippen LogP contribution in [0.15, 0.2) is 65.6 Å². The van der Waals surface area contributed by atoms with Gasteiger partial charge < -0.3 is 14.5 Å². The molecular weight excluding hydrogens is 282 g/mol. The Morgan fingerprint density at radius 2 is 2.09 bits per heavy atom. The summed E-state index contributed by atoms with van der Waals surface area (Å²) in [5, 5.41) is 6.97. The maximum atomic E-state index is 11.8. The van der Waals surface area contributed by atoms with Crippen molar-refractivity contribution in [1.29, 1.82) is 0 Å². The van der Waals surface area contributed by atoms with Crippen LogP contribution >= 0.6 is 0 Å². The minimum absolute atomic E-state index is 0.250. The Hall–Kier alpha value is -3.02. The third-order valence-electron chi connectivity index (χ3n) is 3.00. The van der Waals surface area contributed by atoms with E-state index in [0.29, 0.717) is 24.5 Å². The molecule has 1 aromatic carbocycles. The number of hydrogen-bond donors (Lipinski definition) is 1. The van der Waals surface area contributed by atoms with Gasteiger partial charge in [0.25, 0.3) is 5.91 Å². The predicted octanol–water partition coefficient (Wildman–Crippen LogP) is 2.81. The van der Waals surface area contributed by atoms with E-state index >= 15 is 0 Å². The van der Waals surface area contributed by atoms with Gasteiger partial charge in [-0.3, -0.25) is 9.48 Å². The minimum Gasteiger partial charge on any atom is -0.492 e. The number of benzene rings is 1. The van der Waals surface area contributed by atoms with Gasteiger partial charge in [0, 0.05) is 12.3 Å². The standard InChI is InChI=1S/C16H15N3O3/c20-16(13-7-10-21-12-13)17-15-6-8-19(18-15)9-11-22-14-4-2-1-3-5-14/h1-8,10,12H,9,11H2,(H,17,18,20). The molecule has 0 spiro atoms. The van der Waals surface area contributed by atoms with Crippen LogP contribution in [0.3, 0.4) is 0 Å². The summed E-state index contributed by atoms with van der Waals surface area (Å²) in [7, 11) is 0. The van der Waals surface area contributed by atoms with Gasteiger partial charge in [-0.1, -0.05) is 18.2 Å². The number of ether oxygens (including phenoxy) is 1. The molecular formula is C16H15N3O3. The number of nitrogens with one attached hydrogen (secondary N) is 1. The molecule has 0 aliphatic heterocycles. The highest BCUT2D eigenvalue weighted by molar-refractivity contribution is 6.03. The van der Waals surface area contributed by atoms with E-state index in [1.807, 2.05) is 30.3 Å². The monoisotopic (exact) mass is 297 g/mol. The van der Waals surface area contributed by atoms with Crippen molar-refractivity contribution >= 4 is 11.7 Å². The lowest BCUT2D eigenvalue weighted by Crippen LogP contribution is -2.13. The van der Waals surface area contributed by atoms with Crippen molar-refractivity contribution in [3.05, 3.63) is 66.8 Å². The van der Waals surface area contributed by atoms with Crippen molar-refractivity contribution in [2.75, 3.05) is 11.9 Å². The molecule has 22 heavy (non-hydrogen) atoms. The number of nitrogens with zero attached hydrogens (tertiary/aromatic N) is 2. The molecule has 6 heteroatoms. The number of furan rings is 1. The molecule has 0 radical (unpaired) electrons. The molecule has 2 aromatic heterocycles. The maximum Gasteiger partial charge on any atom is 0.260 e. The largest absolute Gasteiger partial charge is 0.492 e. The zero-order chi connectivity index (χ0) is 15.2. The minimum atomic E-state index is -0.250. The van der Waals surface area contributed by atoms with Gasteiger partial charge >= 0.3 is 0 Å². The molecule has 0 aliphatic rings. The summed E-state index contributed by atoms with van der Waals surface area (Å²) in [5.41, 5.74) is 0.460. The number of carbonyl (C=O) groups is 1. The summed E-state index contributed by atoms with van der Waals surface area (Å²) < 4.78 is 12.2. The molecule has 0 saturated carbocycles. The van der Waals surface area contributed by atoms with Crippen molar-refractivity contribution in [3.8, 4) is 5.75 Å².